The molecule has 0 bridgehead atoms. The van der Waals surface area contributed by atoms with Gasteiger partial charge >= 0.3 is 17.9 Å². The van der Waals surface area contributed by atoms with E-state index >= 15 is 0 Å². The van der Waals surface area contributed by atoms with Crippen molar-refractivity contribution < 1.29 is 49.3 Å². The Morgan fingerprint density at radius 3 is 1.77 bits per heavy atom. The molecule has 4 aromatic rings. The number of halogens is 2. The van der Waals surface area contributed by atoms with Crippen LogP contribution in [-0.2, 0) is 11.5 Å². The summed E-state index contributed by atoms with van der Waals surface area (Å²) >= 11 is 12.6. The van der Waals surface area contributed by atoms with Crippen molar-refractivity contribution in [3.8, 4) is 34.1 Å². The van der Waals surface area contributed by atoms with Crippen molar-refractivity contribution in [3.63, 3.8) is 0 Å². The summed E-state index contributed by atoms with van der Waals surface area (Å²) in [7, 11) is 0. The van der Waals surface area contributed by atoms with Gasteiger partial charge in [0.15, 0.2) is 5.75 Å². The number of phenols is 2. The standard InChI is InChI=1S/C28H18Cl2O10/c29-22-10-14(1-7-24(22)39-28(37)21-12-18(32)4-6-20(21)27(35)36)15-2-8-25(23(30)11-15)40-38-13-16-9-17(31)3-5-19(16)26(33)34/h1-12,31-32H,13H2,(H,33,34)(H,35,36). The van der Waals surface area contributed by atoms with Gasteiger partial charge in [-0.3, -0.25) is 0 Å². The number of hydrogen-bond acceptors (Lipinski definition) is 8. The Kier molecular flexibility index (Phi) is 8.44. The fraction of sp³-hybridized carbons (Fsp3) is 0.0357. The number of aromatic hydroxyl groups is 2. The number of esters is 1. The van der Waals surface area contributed by atoms with Gasteiger partial charge in [-0.25, -0.2) is 14.4 Å². The lowest BCUT2D eigenvalue weighted by Gasteiger charge is -2.12. The average molecular weight is 585 g/mol. The quantitative estimate of drug-likeness (QED) is 0.0771. The summed E-state index contributed by atoms with van der Waals surface area (Å²) < 4.78 is 5.26. The summed E-state index contributed by atoms with van der Waals surface area (Å²) in [5.74, 6) is -3.92. The van der Waals surface area contributed by atoms with Crippen molar-refractivity contribution in [1.29, 1.82) is 0 Å². The number of carbonyl (C=O) groups excluding carboxylic acids is 1. The van der Waals surface area contributed by atoms with Gasteiger partial charge < -0.3 is 30.1 Å². The molecule has 0 amide bonds. The molecule has 4 N–H and O–H groups in total. The van der Waals surface area contributed by atoms with Gasteiger partial charge in [0, 0.05) is 5.56 Å². The number of benzene rings is 4. The van der Waals surface area contributed by atoms with Crippen LogP contribution in [0.15, 0.2) is 72.8 Å². The monoisotopic (exact) mass is 584 g/mol. The van der Waals surface area contributed by atoms with Crippen molar-refractivity contribution in [2.24, 2.45) is 0 Å². The van der Waals surface area contributed by atoms with Crippen LogP contribution >= 0.6 is 23.2 Å². The molecule has 0 fully saturated rings. The van der Waals surface area contributed by atoms with Crippen molar-refractivity contribution >= 4 is 41.1 Å². The Morgan fingerprint density at radius 2 is 1.20 bits per heavy atom. The molecular formula is C28H18Cl2O10. The first-order valence-corrected chi connectivity index (χ1v) is 12.0. The largest absolute Gasteiger partial charge is 0.508 e. The second-order valence-electron chi connectivity index (χ2n) is 8.21. The second-order valence-corrected chi connectivity index (χ2v) is 9.02. The van der Waals surface area contributed by atoms with Crippen LogP contribution in [0.1, 0.15) is 36.6 Å². The molecule has 0 heterocycles. The molecule has 0 radical (unpaired) electrons. The summed E-state index contributed by atoms with van der Waals surface area (Å²) in [6.07, 6.45) is 0. The van der Waals surface area contributed by atoms with Gasteiger partial charge in [-0.1, -0.05) is 35.3 Å². The van der Waals surface area contributed by atoms with E-state index < -0.39 is 17.9 Å². The molecule has 4 rings (SSSR count). The average Bonchev–Trinajstić information content (AvgIpc) is 2.90. The number of ether oxygens (including phenoxy) is 1. The first-order chi connectivity index (χ1) is 19.0. The highest BCUT2D eigenvalue weighted by Gasteiger charge is 2.20. The molecule has 12 heteroatoms. The molecule has 0 saturated carbocycles. The molecule has 0 aliphatic heterocycles. The number of carboxylic acids is 2. The second kappa shape index (κ2) is 12.0. The minimum Gasteiger partial charge on any atom is -0.508 e. The van der Waals surface area contributed by atoms with Crippen LogP contribution in [-0.4, -0.2) is 38.3 Å². The van der Waals surface area contributed by atoms with Gasteiger partial charge in [-0.05, 0) is 71.8 Å². The van der Waals surface area contributed by atoms with Crippen LogP contribution in [0.3, 0.4) is 0 Å². The Labute approximate surface area is 236 Å². The topological polar surface area (TPSA) is 160 Å². The number of rotatable bonds is 9. The highest BCUT2D eigenvalue weighted by molar-refractivity contribution is 6.33. The van der Waals surface area contributed by atoms with Crippen molar-refractivity contribution in [1.82, 2.24) is 0 Å². The number of carbonyl (C=O) groups is 3. The highest BCUT2D eigenvalue weighted by Crippen LogP contribution is 2.35. The van der Waals surface area contributed by atoms with Crippen LogP contribution in [0, 0.1) is 0 Å². The fourth-order valence-electron chi connectivity index (χ4n) is 3.62. The molecule has 4 aromatic carbocycles. The number of phenolic OH excluding ortho intramolecular Hbond substituents is 2. The first-order valence-electron chi connectivity index (χ1n) is 11.3. The van der Waals surface area contributed by atoms with Crippen LogP contribution < -0.4 is 9.62 Å². The van der Waals surface area contributed by atoms with E-state index in [2.05, 4.69) is 0 Å². The van der Waals surface area contributed by atoms with Crippen molar-refractivity contribution in [3.05, 3.63) is 105 Å². The third kappa shape index (κ3) is 6.44. The van der Waals surface area contributed by atoms with E-state index in [9.17, 15) is 34.8 Å². The third-order valence-electron chi connectivity index (χ3n) is 5.54. The number of hydrogen-bond donors (Lipinski definition) is 4. The Balaban J connectivity index is 1.46. The molecule has 0 aromatic heterocycles. The Morgan fingerprint density at radius 1 is 0.650 bits per heavy atom. The maximum absolute atomic E-state index is 12.6. The molecular weight excluding hydrogens is 567 g/mol. The lowest BCUT2D eigenvalue weighted by molar-refractivity contribution is -0.217. The van der Waals surface area contributed by atoms with E-state index in [-0.39, 0.29) is 61.9 Å². The number of aromatic carboxylic acids is 2. The van der Waals surface area contributed by atoms with Crippen molar-refractivity contribution in [2.45, 2.75) is 6.61 Å². The zero-order valence-corrected chi connectivity index (χ0v) is 21.6. The summed E-state index contributed by atoms with van der Waals surface area (Å²) in [4.78, 5) is 45.7. The molecule has 0 aliphatic rings. The van der Waals surface area contributed by atoms with Gasteiger partial charge in [-0.2, -0.15) is 4.89 Å². The molecule has 0 aliphatic carbocycles. The van der Waals surface area contributed by atoms with E-state index in [0.717, 1.165) is 18.2 Å². The van der Waals surface area contributed by atoms with Crippen LogP contribution in [0.2, 0.25) is 10.0 Å². The van der Waals surface area contributed by atoms with Gasteiger partial charge in [-0.15, -0.1) is 0 Å². The Hall–Kier alpha value is -4.77. The van der Waals surface area contributed by atoms with Crippen LogP contribution in [0.4, 0.5) is 0 Å². The lowest BCUT2D eigenvalue weighted by Crippen LogP contribution is -2.14. The van der Waals surface area contributed by atoms with E-state index in [0.29, 0.717) is 11.1 Å². The zero-order valence-electron chi connectivity index (χ0n) is 20.1. The lowest BCUT2D eigenvalue weighted by atomic mass is 10.1. The summed E-state index contributed by atoms with van der Waals surface area (Å²) in [5.41, 5.74) is 0.645. The molecule has 10 nitrogen and oxygen atoms in total. The van der Waals surface area contributed by atoms with Gasteiger partial charge in [0.05, 0.1) is 26.7 Å². The summed E-state index contributed by atoms with van der Waals surface area (Å²) in [6, 6.07) is 16.2. The molecule has 0 saturated heterocycles. The first kappa shape index (κ1) is 28.2. The Bertz CT molecular complexity index is 1630. The molecule has 204 valence electrons. The summed E-state index contributed by atoms with van der Waals surface area (Å²) in [6.45, 7) is -0.277. The molecule has 0 spiro atoms. The van der Waals surface area contributed by atoms with E-state index in [1.54, 1.807) is 18.2 Å². The number of carboxylic acid groups (broad SMARTS) is 2. The smallest absolute Gasteiger partial charge is 0.344 e. The normalized spacial score (nSPS) is 10.7. The minimum atomic E-state index is -1.37. The fourth-order valence-corrected chi connectivity index (χ4v) is 4.05. The maximum Gasteiger partial charge on any atom is 0.344 e. The molecule has 0 atom stereocenters. The van der Waals surface area contributed by atoms with Crippen LogP contribution in [0.25, 0.3) is 11.1 Å². The van der Waals surface area contributed by atoms with Crippen molar-refractivity contribution in [2.75, 3.05) is 0 Å². The summed E-state index contributed by atoms with van der Waals surface area (Å²) in [5, 5.41) is 38.0. The van der Waals surface area contributed by atoms with E-state index in [4.69, 9.17) is 37.7 Å². The SMILES string of the molecule is O=C(O)c1ccc(O)cc1COOc1ccc(-c2ccc(OC(=O)c3cc(O)ccc3C(=O)O)c(Cl)c2)cc1Cl. The predicted molar refractivity (Wildman–Crippen MR) is 142 cm³/mol. The highest BCUT2D eigenvalue weighted by atomic mass is 35.5. The minimum absolute atomic E-state index is 0.0396. The van der Waals surface area contributed by atoms with Gasteiger partial charge in [0.2, 0.25) is 0 Å². The molecule has 0 unspecified atom stereocenters. The van der Waals surface area contributed by atoms with Gasteiger partial charge in [0.1, 0.15) is 23.9 Å². The van der Waals surface area contributed by atoms with E-state index in [1.165, 1.54) is 36.4 Å². The maximum atomic E-state index is 12.6. The predicted octanol–water partition coefficient (Wildman–Crippen LogP) is 6.20. The van der Waals surface area contributed by atoms with E-state index in [1.807, 2.05) is 0 Å². The third-order valence-corrected chi connectivity index (χ3v) is 6.13. The zero-order chi connectivity index (χ0) is 29.0. The van der Waals surface area contributed by atoms with Crippen LogP contribution in [0.5, 0.6) is 23.0 Å². The van der Waals surface area contributed by atoms with Gasteiger partial charge in [0.25, 0.3) is 0 Å². The molecule has 40 heavy (non-hydrogen) atoms.